The smallest absolute Gasteiger partial charge is 0.236 e. The number of ketones is 2. The van der Waals surface area contributed by atoms with E-state index >= 15 is 0 Å². The third kappa shape index (κ3) is 3.37. The van der Waals surface area contributed by atoms with Crippen LogP contribution in [0.15, 0.2) is 46.5 Å². The number of nitrogens with one attached hydrogen (secondary N) is 1. The van der Waals surface area contributed by atoms with Crippen molar-refractivity contribution in [3.8, 4) is 17.2 Å². The van der Waals surface area contributed by atoms with Gasteiger partial charge in [-0.05, 0) is 30.4 Å². The van der Waals surface area contributed by atoms with Crippen LogP contribution in [0.5, 0.6) is 17.2 Å². The molecule has 3 unspecified atom stereocenters. The number of Topliss-reactive ketones (excluding diaryl/α,β-unsaturated/α-hetero) is 2. The molecule has 2 heterocycles. The van der Waals surface area contributed by atoms with E-state index in [0.717, 1.165) is 10.5 Å². The molecule has 0 saturated carbocycles. The molecular weight excluding hydrogens is 490 g/mol. The number of ether oxygens (including phenoxy) is 3. The third-order valence-electron chi connectivity index (χ3n) is 7.08. The van der Waals surface area contributed by atoms with Gasteiger partial charge in [-0.1, -0.05) is 30.7 Å². The second-order valence-electron chi connectivity index (χ2n) is 8.87. The number of hydrogen-bond acceptors (Lipinski definition) is 7. The van der Waals surface area contributed by atoms with Crippen molar-refractivity contribution >= 4 is 40.8 Å². The van der Waals surface area contributed by atoms with Crippen molar-refractivity contribution < 1.29 is 28.6 Å². The average Bonchev–Trinajstić information content (AvgIpc) is 3.17. The topological polar surface area (TPSA) is 90.9 Å². The van der Waals surface area contributed by atoms with Gasteiger partial charge in [0.25, 0.3) is 0 Å². The highest BCUT2D eigenvalue weighted by Gasteiger charge is 2.63. The summed E-state index contributed by atoms with van der Waals surface area (Å²) < 4.78 is 17.0. The van der Waals surface area contributed by atoms with E-state index in [1.807, 2.05) is 30.5 Å². The van der Waals surface area contributed by atoms with Gasteiger partial charge in [0.05, 0.1) is 14.2 Å². The number of carbonyl (C=O) groups excluding carboxylic acids is 3. The number of fused-ring (bicyclic) bond motifs is 1. The van der Waals surface area contributed by atoms with E-state index < -0.39 is 29.0 Å². The summed E-state index contributed by atoms with van der Waals surface area (Å²) in [4.78, 5) is 41.9. The maximum absolute atomic E-state index is 14.3. The molecule has 2 aromatic rings. The van der Waals surface area contributed by atoms with Gasteiger partial charge >= 0.3 is 0 Å². The largest absolute Gasteiger partial charge is 0.496 e. The zero-order valence-corrected chi connectivity index (χ0v) is 21.3. The van der Waals surface area contributed by atoms with Crippen molar-refractivity contribution in [2.24, 2.45) is 5.92 Å². The molecule has 1 spiro atoms. The molecule has 1 aliphatic carbocycles. The first kappa shape index (κ1) is 23.8. The van der Waals surface area contributed by atoms with Crippen LogP contribution in [0, 0.1) is 5.92 Å². The lowest BCUT2D eigenvalue weighted by Crippen LogP contribution is -2.59. The van der Waals surface area contributed by atoms with Crippen LogP contribution in [0.3, 0.4) is 0 Å². The number of hydrogen-bond donors (Lipinski definition) is 1. The summed E-state index contributed by atoms with van der Waals surface area (Å²) in [7, 11) is 2.88. The zero-order chi connectivity index (χ0) is 25.1. The first-order valence-electron chi connectivity index (χ1n) is 11.2. The SMILES string of the molecule is COc1cc(OC)c2c(c1Cl)OC1(C(=O)C3=C(CC1C)NC(=O)CC3c1ccc(SC)cc1)C2=O. The van der Waals surface area contributed by atoms with Crippen molar-refractivity contribution in [2.75, 3.05) is 20.5 Å². The number of rotatable bonds is 4. The van der Waals surface area contributed by atoms with Crippen LogP contribution in [-0.4, -0.2) is 43.6 Å². The highest BCUT2D eigenvalue weighted by atomic mass is 35.5. The molecule has 0 saturated heterocycles. The number of allylic oxidation sites excluding steroid dienone is 1. The molecule has 1 N–H and O–H groups in total. The highest BCUT2D eigenvalue weighted by molar-refractivity contribution is 7.98. The normalized spacial score (nSPS) is 25.2. The fourth-order valence-electron chi connectivity index (χ4n) is 5.31. The number of halogens is 1. The molecule has 3 aliphatic rings. The number of benzene rings is 2. The fraction of sp³-hybridized carbons (Fsp3) is 0.346. The van der Waals surface area contributed by atoms with Crippen LogP contribution in [-0.2, 0) is 9.59 Å². The molecule has 0 aromatic heterocycles. The van der Waals surface area contributed by atoms with Gasteiger partial charge in [-0.25, -0.2) is 0 Å². The molecule has 182 valence electrons. The van der Waals surface area contributed by atoms with Gasteiger partial charge in [-0.15, -0.1) is 11.8 Å². The Hall–Kier alpha value is -2.97. The monoisotopic (exact) mass is 513 g/mol. The molecule has 2 aliphatic heterocycles. The van der Waals surface area contributed by atoms with Crippen LogP contribution in [0.2, 0.25) is 5.02 Å². The van der Waals surface area contributed by atoms with Crippen LogP contribution >= 0.6 is 23.4 Å². The number of methoxy groups -OCH3 is 2. The van der Waals surface area contributed by atoms with Crippen molar-refractivity contribution in [3.63, 3.8) is 0 Å². The Morgan fingerprint density at radius 1 is 1.06 bits per heavy atom. The Balaban J connectivity index is 1.65. The third-order valence-corrected chi connectivity index (χ3v) is 8.18. The van der Waals surface area contributed by atoms with Gasteiger partial charge in [0, 0.05) is 40.5 Å². The Morgan fingerprint density at radius 3 is 2.37 bits per heavy atom. The van der Waals surface area contributed by atoms with E-state index in [0.29, 0.717) is 17.7 Å². The van der Waals surface area contributed by atoms with E-state index in [9.17, 15) is 14.4 Å². The van der Waals surface area contributed by atoms with Crippen molar-refractivity contribution in [1.82, 2.24) is 5.32 Å². The summed E-state index contributed by atoms with van der Waals surface area (Å²) in [5, 5.41) is 2.98. The predicted octanol–water partition coefficient (Wildman–Crippen LogP) is 4.56. The first-order chi connectivity index (χ1) is 16.8. The number of carbonyl (C=O) groups is 3. The molecule has 0 bridgehead atoms. The van der Waals surface area contributed by atoms with Gasteiger partial charge in [0.2, 0.25) is 23.1 Å². The van der Waals surface area contributed by atoms with E-state index in [-0.39, 0.29) is 40.2 Å². The molecule has 1 amide bonds. The molecular formula is C26H24ClNO6S. The Labute approximate surface area is 212 Å². The average molecular weight is 514 g/mol. The van der Waals surface area contributed by atoms with E-state index in [1.54, 1.807) is 18.7 Å². The summed E-state index contributed by atoms with van der Waals surface area (Å²) in [6.07, 6.45) is 2.38. The minimum atomic E-state index is -1.80. The second-order valence-corrected chi connectivity index (χ2v) is 10.1. The highest BCUT2D eigenvalue weighted by Crippen LogP contribution is 2.55. The number of amides is 1. The molecule has 5 rings (SSSR count). The Morgan fingerprint density at radius 2 is 1.74 bits per heavy atom. The Bertz CT molecular complexity index is 1300. The van der Waals surface area contributed by atoms with E-state index in [2.05, 4.69) is 5.32 Å². The molecule has 3 atom stereocenters. The van der Waals surface area contributed by atoms with Gasteiger partial charge in [0.15, 0.2) is 5.75 Å². The summed E-state index contributed by atoms with van der Waals surface area (Å²) in [5.74, 6) is -1.57. The predicted molar refractivity (Wildman–Crippen MR) is 132 cm³/mol. The zero-order valence-electron chi connectivity index (χ0n) is 19.7. The number of thioether (sulfide) groups is 1. The van der Waals surface area contributed by atoms with Crippen molar-refractivity contribution in [2.45, 2.75) is 36.2 Å². The van der Waals surface area contributed by atoms with E-state index in [1.165, 1.54) is 20.3 Å². The van der Waals surface area contributed by atoms with Crippen molar-refractivity contribution in [1.29, 1.82) is 0 Å². The summed E-state index contributed by atoms with van der Waals surface area (Å²) in [6.45, 7) is 1.77. The van der Waals surface area contributed by atoms with Crippen LogP contribution in [0.1, 0.15) is 41.6 Å². The first-order valence-corrected chi connectivity index (χ1v) is 12.8. The Kier molecular flexibility index (Phi) is 5.84. The van der Waals surface area contributed by atoms with Crippen LogP contribution in [0.4, 0.5) is 0 Å². The second kappa shape index (κ2) is 8.60. The van der Waals surface area contributed by atoms with Crippen LogP contribution in [0.25, 0.3) is 0 Å². The maximum atomic E-state index is 14.3. The van der Waals surface area contributed by atoms with E-state index in [4.69, 9.17) is 25.8 Å². The maximum Gasteiger partial charge on any atom is 0.236 e. The minimum absolute atomic E-state index is 0.0813. The molecule has 2 aromatic carbocycles. The lowest BCUT2D eigenvalue weighted by Gasteiger charge is -2.41. The lowest BCUT2D eigenvalue weighted by molar-refractivity contribution is -0.131. The molecule has 0 radical (unpaired) electrons. The van der Waals surface area contributed by atoms with Crippen LogP contribution < -0.4 is 19.5 Å². The van der Waals surface area contributed by atoms with Crippen molar-refractivity contribution in [3.05, 3.63) is 57.8 Å². The fourth-order valence-corrected chi connectivity index (χ4v) is 5.98. The quantitative estimate of drug-likeness (QED) is 0.473. The summed E-state index contributed by atoms with van der Waals surface area (Å²) in [5.41, 5.74) is 0.116. The molecule has 0 fully saturated rings. The standard InChI is InChI=1S/C26H24ClNO6S/c1-12-9-16-20(15(10-19(29)28-16)13-5-7-14(35-4)8-6-13)24(30)26(12)25(31)21-17(32-2)11-18(33-3)22(27)23(21)34-26/h5-8,11-12,15H,9-10H2,1-4H3,(H,28,29). The molecule has 35 heavy (non-hydrogen) atoms. The summed E-state index contributed by atoms with van der Waals surface area (Å²) >= 11 is 8.12. The minimum Gasteiger partial charge on any atom is -0.496 e. The van der Waals surface area contributed by atoms with Gasteiger partial charge in [-0.3, -0.25) is 14.4 Å². The van der Waals surface area contributed by atoms with Gasteiger partial charge in [0.1, 0.15) is 22.1 Å². The molecule has 9 heteroatoms. The lowest BCUT2D eigenvalue weighted by atomic mass is 9.66. The van der Waals surface area contributed by atoms with Gasteiger partial charge in [-0.2, -0.15) is 0 Å². The summed E-state index contributed by atoms with van der Waals surface area (Å²) in [6, 6.07) is 9.29. The van der Waals surface area contributed by atoms with Gasteiger partial charge < -0.3 is 19.5 Å². The molecule has 7 nitrogen and oxygen atoms in total.